The second kappa shape index (κ2) is 7.09. The number of hydrogen-bond donors (Lipinski definition) is 0. The first kappa shape index (κ1) is 13.7. The van der Waals surface area contributed by atoms with Gasteiger partial charge in [-0.25, -0.2) is 9.78 Å². The molecule has 0 aliphatic heterocycles. The molecule has 0 aliphatic rings. The van der Waals surface area contributed by atoms with Crippen molar-refractivity contribution in [3.05, 3.63) is 22.8 Å². The number of esters is 1. The lowest BCUT2D eigenvalue weighted by Gasteiger charge is -2.07. The third kappa shape index (κ3) is 4.58. The number of pyridine rings is 1. The molecule has 17 heavy (non-hydrogen) atoms. The minimum atomic E-state index is -0.451. The zero-order chi connectivity index (χ0) is 12.7. The van der Waals surface area contributed by atoms with Crippen molar-refractivity contribution in [2.75, 3.05) is 26.9 Å². The van der Waals surface area contributed by atoms with Gasteiger partial charge < -0.3 is 14.2 Å². The van der Waals surface area contributed by atoms with Gasteiger partial charge in [0.15, 0.2) is 0 Å². The van der Waals surface area contributed by atoms with Crippen molar-refractivity contribution in [1.29, 1.82) is 0 Å². The van der Waals surface area contributed by atoms with Gasteiger partial charge in [-0.3, -0.25) is 0 Å². The van der Waals surface area contributed by atoms with E-state index in [0.717, 1.165) is 0 Å². The van der Waals surface area contributed by atoms with E-state index in [1.807, 2.05) is 0 Å². The number of hydrogen-bond acceptors (Lipinski definition) is 5. The predicted molar refractivity (Wildman–Crippen MR) is 62.6 cm³/mol. The molecule has 0 atom stereocenters. The van der Waals surface area contributed by atoms with Crippen LogP contribution in [0.15, 0.2) is 12.1 Å². The molecule has 6 heteroatoms. The summed E-state index contributed by atoms with van der Waals surface area (Å²) >= 11 is 5.78. The van der Waals surface area contributed by atoms with Gasteiger partial charge in [0.2, 0.25) is 5.88 Å². The fraction of sp³-hybridized carbons (Fsp3) is 0.455. The maximum atomic E-state index is 11.5. The first-order valence-corrected chi connectivity index (χ1v) is 5.51. The lowest BCUT2D eigenvalue weighted by Crippen LogP contribution is -2.08. The highest BCUT2D eigenvalue weighted by atomic mass is 35.5. The molecule has 1 aromatic rings. The third-order valence-corrected chi connectivity index (χ3v) is 2.01. The van der Waals surface area contributed by atoms with E-state index in [-0.39, 0.29) is 11.0 Å². The Morgan fingerprint density at radius 3 is 2.82 bits per heavy atom. The van der Waals surface area contributed by atoms with Crippen LogP contribution in [0.4, 0.5) is 0 Å². The molecule has 0 aromatic carbocycles. The lowest BCUT2D eigenvalue weighted by atomic mass is 10.3. The average Bonchev–Trinajstić information content (AvgIpc) is 2.29. The van der Waals surface area contributed by atoms with Crippen molar-refractivity contribution in [3.63, 3.8) is 0 Å². The van der Waals surface area contributed by atoms with E-state index in [9.17, 15) is 4.79 Å². The summed E-state index contributed by atoms with van der Waals surface area (Å²) in [5.41, 5.74) is 0.319. The Bertz CT molecular complexity index is 384. The van der Waals surface area contributed by atoms with Crippen LogP contribution in [0.2, 0.25) is 5.15 Å². The third-order valence-electron chi connectivity index (χ3n) is 1.82. The quantitative estimate of drug-likeness (QED) is 0.444. The van der Waals surface area contributed by atoms with Crippen molar-refractivity contribution in [3.8, 4) is 5.88 Å². The summed E-state index contributed by atoms with van der Waals surface area (Å²) in [6.07, 6.45) is 0. The molecular weight excluding hydrogens is 246 g/mol. The number of carbonyl (C=O) groups excluding carboxylic acids is 1. The van der Waals surface area contributed by atoms with Gasteiger partial charge in [-0.05, 0) is 13.0 Å². The second-order valence-electron chi connectivity index (χ2n) is 3.08. The van der Waals surface area contributed by atoms with Crippen LogP contribution in [0.25, 0.3) is 0 Å². The van der Waals surface area contributed by atoms with Crippen LogP contribution in [-0.4, -0.2) is 37.9 Å². The monoisotopic (exact) mass is 259 g/mol. The molecule has 1 rings (SSSR count). The van der Waals surface area contributed by atoms with Crippen LogP contribution in [-0.2, 0) is 9.47 Å². The smallest absolute Gasteiger partial charge is 0.338 e. The summed E-state index contributed by atoms with van der Waals surface area (Å²) in [6.45, 7) is 2.81. The van der Waals surface area contributed by atoms with E-state index in [1.54, 1.807) is 14.0 Å². The minimum Gasteiger partial charge on any atom is -0.475 e. The molecular formula is C11H14ClNO4. The molecule has 0 amide bonds. The van der Waals surface area contributed by atoms with Gasteiger partial charge in [-0.1, -0.05) is 11.6 Å². The van der Waals surface area contributed by atoms with Gasteiger partial charge in [-0.2, -0.15) is 0 Å². The first-order chi connectivity index (χ1) is 8.17. The second-order valence-corrected chi connectivity index (χ2v) is 3.47. The summed E-state index contributed by atoms with van der Waals surface area (Å²) < 4.78 is 15.0. The minimum absolute atomic E-state index is 0.183. The van der Waals surface area contributed by atoms with Crippen molar-refractivity contribution < 1.29 is 19.0 Å². The van der Waals surface area contributed by atoms with Gasteiger partial charge in [0, 0.05) is 13.2 Å². The SMILES string of the molecule is CCOC(=O)c1cc(Cl)nc(OCCOC)c1. The highest BCUT2D eigenvalue weighted by molar-refractivity contribution is 6.29. The molecule has 94 valence electrons. The summed E-state index contributed by atoms with van der Waals surface area (Å²) in [5.74, 6) is -0.175. The van der Waals surface area contributed by atoms with E-state index in [2.05, 4.69) is 4.98 Å². The number of aromatic nitrogens is 1. The molecule has 0 aliphatic carbocycles. The van der Waals surface area contributed by atoms with Crippen LogP contribution in [0.3, 0.4) is 0 Å². The molecule has 0 N–H and O–H groups in total. The Labute approximate surface area is 105 Å². The Morgan fingerprint density at radius 2 is 2.18 bits per heavy atom. The van der Waals surface area contributed by atoms with Crippen molar-refractivity contribution >= 4 is 17.6 Å². The lowest BCUT2D eigenvalue weighted by molar-refractivity contribution is 0.0525. The largest absolute Gasteiger partial charge is 0.475 e. The number of nitrogens with zero attached hydrogens (tertiary/aromatic N) is 1. The fourth-order valence-electron chi connectivity index (χ4n) is 1.11. The van der Waals surface area contributed by atoms with Gasteiger partial charge in [0.1, 0.15) is 11.8 Å². The highest BCUT2D eigenvalue weighted by Gasteiger charge is 2.10. The number of ether oxygens (including phenoxy) is 3. The summed E-state index contributed by atoms with van der Waals surface area (Å²) in [5, 5.41) is 0.183. The zero-order valence-electron chi connectivity index (χ0n) is 9.73. The van der Waals surface area contributed by atoms with E-state index in [4.69, 9.17) is 25.8 Å². The summed E-state index contributed by atoms with van der Waals surface area (Å²) in [4.78, 5) is 15.4. The summed E-state index contributed by atoms with van der Waals surface area (Å²) in [6, 6.07) is 2.92. The van der Waals surface area contributed by atoms with Gasteiger partial charge in [-0.15, -0.1) is 0 Å². The molecule has 1 heterocycles. The van der Waals surface area contributed by atoms with Gasteiger partial charge in [0.05, 0.1) is 18.8 Å². The molecule has 0 unspecified atom stereocenters. The zero-order valence-corrected chi connectivity index (χ0v) is 10.5. The molecule has 0 fully saturated rings. The van der Waals surface area contributed by atoms with Gasteiger partial charge >= 0.3 is 5.97 Å². The predicted octanol–water partition coefficient (Wildman–Crippen LogP) is 1.94. The van der Waals surface area contributed by atoms with Crippen molar-refractivity contribution in [1.82, 2.24) is 4.98 Å². The van der Waals surface area contributed by atoms with E-state index in [1.165, 1.54) is 12.1 Å². The van der Waals surface area contributed by atoms with Gasteiger partial charge in [0.25, 0.3) is 0 Å². The molecule has 0 saturated carbocycles. The molecule has 1 aromatic heterocycles. The van der Waals surface area contributed by atoms with Crippen molar-refractivity contribution in [2.45, 2.75) is 6.92 Å². The number of halogens is 1. The molecule has 0 saturated heterocycles. The Hall–Kier alpha value is -1.33. The highest BCUT2D eigenvalue weighted by Crippen LogP contribution is 2.17. The number of methoxy groups -OCH3 is 1. The van der Waals surface area contributed by atoms with Crippen LogP contribution in [0.5, 0.6) is 5.88 Å². The summed E-state index contributed by atoms with van der Waals surface area (Å²) in [7, 11) is 1.57. The average molecular weight is 260 g/mol. The van der Waals surface area contributed by atoms with E-state index < -0.39 is 5.97 Å². The number of rotatable bonds is 6. The van der Waals surface area contributed by atoms with Crippen LogP contribution < -0.4 is 4.74 Å². The first-order valence-electron chi connectivity index (χ1n) is 5.13. The van der Waals surface area contributed by atoms with Crippen LogP contribution >= 0.6 is 11.6 Å². The normalized spacial score (nSPS) is 10.1. The fourth-order valence-corrected chi connectivity index (χ4v) is 1.31. The Morgan fingerprint density at radius 1 is 1.41 bits per heavy atom. The molecule has 0 radical (unpaired) electrons. The molecule has 5 nitrogen and oxygen atoms in total. The Balaban J connectivity index is 2.75. The van der Waals surface area contributed by atoms with E-state index >= 15 is 0 Å². The van der Waals surface area contributed by atoms with Crippen LogP contribution in [0, 0.1) is 0 Å². The van der Waals surface area contributed by atoms with Crippen LogP contribution in [0.1, 0.15) is 17.3 Å². The Kier molecular flexibility index (Phi) is 5.72. The standard InChI is InChI=1S/C11H14ClNO4/c1-3-16-11(14)8-6-9(12)13-10(7-8)17-5-4-15-2/h6-7H,3-5H2,1-2H3. The molecule has 0 spiro atoms. The maximum Gasteiger partial charge on any atom is 0.338 e. The maximum absolute atomic E-state index is 11.5. The van der Waals surface area contributed by atoms with E-state index in [0.29, 0.717) is 25.4 Å². The van der Waals surface area contributed by atoms with Crippen molar-refractivity contribution in [2.24, 2.45) is 0 Å². The molecule has 0 bridgehead atoms. The number of carbonyl (C=O) groups is 1. The topological polar surface area (TPSA) is 57.7 Å².